The lowest BCUT2D eigenvalue weighted by Crippen LogP contribution is -2.30. The lowest BCUT2D eigenvalue weighted by Gasteiger charge is -2.29. The molecule has 4 heterocycles. The van der Waals surface area contributed by atoms with Crippen molar-refractivity contribution >= 4 is 56.4 Å². The van der Waals surface area contributed by atoms with Crippen molar-refractivity contribution in [1.82, 2.24) is 15.0 Å². The first-order chi connectivity index (χ1) is 15.5. The highest BCUT2D eigenvalue weighted by Crippen LogP contribution is 2.29. The number of nitrogens with one attached hydrogen (secondary N) is 1. The van der Waals surface area contributed by atoms with Crippen LogP contribution in [0.15, 0.2) is 35.1 Å². The van der Waals surface area contributed by atoms with Gasteiger partial charge in [0, 0.05) is 24.0 Å². The van der Waals surface area contributed by atoms with Gasteiger partial charge in [-0.05, 0) is 56.0 Å². The zero-order chi connectivity index (χ0) is 22.2. The number of aryl methyl sites for hydroxylation is 1. The Kier molecular flexibility index (Phi) is 5.22. The molecule has 0 saturated carbocycles. The van der Waals surface area contributed by atoms with E-state index in [0.717, 1.165) is 59.6 Å². The van der Waals surface area contributed by atoms with E-state index >= 15 is 0 Å². The van der Waals surface area contributed by atoms with Gasteiger partial charge in [-0.2, -0.15) is 0 Å². The van der Waals surface area contributed by atoms with Crippen molar-refractivity contribution in [2.24, 2.45) is 0 Å². The second kappa shape index (κ2) is 8.20. The molecular weight excluding hydrogens is 424 g/mol. The third-order valence-corrected chi connectivity index (χ3v) is 7.00. The van der Waals surface area contributed by atoms with E-state index < -0.39 is 5.97 Å². The van der Waals surface area contributed by atoms with Gasteiger partial charge in [0.05, 0.1) is 10.9 Å². The lowest BCUT2D eigenvalue weighted by molar-refractivity contribution is 0.0701. The normalized spacial score (nSPS) is 14.6. The van der Waals surface area contributed by atoms with Crippen molar-refractivity contribution in [2.45, 2.75) is 26.2 Å². The largest absolute Gasteiger partial charge is 0.477 e. The molecule has 2 N–H and O–H groups in total. The quantitative estimate of drug-likeness (QED) is 0.471. The van der Waals surface area contributed by atoms with Gasteiger partial charge >= 0.3 is 5.97 Å². The molecule has 1 saturated heterocycles. The molecule has 1 aromatic carbocycles. The molecule has 8 heteroatoms. The monoisotopic (exact) mass is 446 g/mol. The van der Waals surface area contributed by atoms with E-state index in [1.54, 1.807) is 13.0 Å². The first-order valence-corrected chi connectivity index (χ1v) is 11.4. The SMILES string of the molecule is Cc1c(C(=O)O)sc2nc(C=Cc3cc4ccccc4nc3N3CCCCC3)[nH]c(=O)c12. The summed E-state index contributed by atoms with van der Waals surface area (Å²) in [5.41, 5.74) is 2.03. The van der Waals surface area contributed by atoms with Gasteiger partial charge in [-0.3, -0.25) is 4.79 Å². The molecule has 1 fully saturated rings. The summed E-state index contributed by atoms with van der Waals surface area (Å²) in [6, 6.07) is 10.1. The molecule has 4 aromatic rings. The molecule has 1 aliphatic rings. The third-order valence-electron chi connectivity index (χ3n) is 5.82. The van der Waals surface area contributed by atoms with Crippen molar-refractivity contribution in [3.8, 4) is 0 Å². The number of nitrogens with zero attached hydrogens (tertiary/aromatic N) is 3. The molecule has 0 spiro atoms. The number of thiophene rings is 1. The number of benzene rings is 1. The Morgan fingerprint density at radius 1 is 1.16 bits per heavy atom. The van der Waals surface area contributed by atoms with Crippen molar-refractivity contribution < 1.29 is 9.90 Å². The molecule has 0 aliphatic carbocycles. The molecule has 1 aliphatic heterocycles. The van der Waals surface area contributed by atoms with Crippen LogP contribution < -0.4 is 10.5 Å². The van der Waals surface area contributed by atoms with Gasteiger partial charge < -0.3 is 15.0 Å². The first kappa shape index (κ1) is 20.4. The first-order valence-electron chi connectivity index (χ1n) is 10.6. The van der Waals surface area contributed by atoms with Crippen LogP contribution in [0.4, 0.5) is 5.82 Å². The van der Waals surface area contributed by atoms with E-state index in [1.165, 1.54) is 6.42 Å². The minimum atomic E-state index is -1.05. The number of piperidine rings is 1. The number of H-pyrrole nitrogens is 1. The molecule has 32 heavy (non-hydrogen) atoms. The topological polar surface area (TPSA) is 99.2 Å². The number of carboxylic acids is 1. The second-order valence-corrected chi connectivity index (χ2v) is 8.97. The Balaban J connectivity index is 1.59. The van der Waals surface area contributed by atoms with Gasteiger partial charge in [-0.15, -0.1) is 11.3 Å². The summed E-state index contributed by atoms with van der Waals surface area (Å²) in [6.07, 6.45) is 7.21. The number of pyridine rings is 1. The highest BCUT2D eigenvalue weighted by Gasteiger charge is 2.19. The van der Waals surface area contributed by atoms with Gasteiger partial charge in [0.1, 0.15) is 21.3 Å². The summed E-state index contributed by atoms with van der Waals surface area (Å²) in [5, 5.41) is 10.7. The minimum Gasteiger partial charge on any atom is -0.477 e. The maximum Gasteiger partial charge on any atom is 0.346 e. The number of aromatic amines is 1. The number of aromatic carboxylic acids is 1. The summed E-state index contributed by atoms with van der Waals surface area (Å²) in [7, 11) is 0. The molecular formula is C24H22N4O3S. The predicted octanol–water partition coefficient (Wildman–Crippen LogP) is 4.70. The molecule has 0 bridgehead atoms. The number of fused-ring (bicyclic) bond motifs is 2. The van der Waals surface area contributed by atoms with Crippen molar-refractivity contribution in [3.05, 3.63) is 62.5 Å². The number of carbonyl (C=O) groups is 1. The Hall–Kier alpha value is -3.52. The van der Waals surface area contributed by atoms with E-state index in [4.69, 9.17) is 4.98 Å². The summed E-state index contributed by atoms with van der Waals surface area (Å²) in [4.78, 5) is 39.2. The van der Waals surface area contributed by atoms with Crippen LogP contribution in [0, 0.1) is 6.92 Å². The van der Waals surface area contributed by atoms with Crippen LogP contribution in [0.5, 0.6) is 0 Å². The smallest absolute Gasteiger partial charge is 0.346 e. The molecule has 3 aromatic heterocycles. The minimum absolute atomic E-state index is 0.144. The standard InChI is InChI=1S/C24H22N4O3S/c1-14-19-22(29)26-18(27-23(19)32-20(14)24(30)31)10-9-16-13-15-7-3-4-8-17(15)25-21(16)28-11-5-2-6-12-28/h3-4,7-10,13H,2,5-6,11-12H2,1H3,(H,30,31)(H,26,27,29). The molecule has 5 rings (SSSR count). The summed E-state index contributed by atoms with van der Waals surface area (Å²) < 4.78 is 0. The van der Waals surface area contributed by atoms with Crippen LogP contribution >= 0.6 is 11.3 Å². The third kappa shape index (κ3) is 3.67. The van der Waals surface area contributed by atoms with Crippen LogP contribution in [0.3, 0.4) is 0 Å². The molecule has 162 valence electrons. The van der Waals surface area contributed by atoms with Crippen molar-refractivity contribution in [2.75, 3.05) is 18.0 Å². The van der Waals surface area contributed by atoms with Crippen LogP contribution in [0.1, 0.15) is 45.9 Å². The number of rotatable bonds is 4. The number of anilines is 1. The number of para-hydroxylation sites is 1. The molecule has 0 atom stereocenters. The van der Waals surface area contributed by atoms with Crippen LogP contribution in [0.25, 0.3) is 33.3 Å². The van der Waals surface area contributed by atoms with Gasteiger partial charge in [0.2, 0.25) is 0 Å². The van der Waals surface area contributed by atoms with Crippen molar-refractivity contribution in [3.63, 3.8) is 0 Å². The summed E-state index contributed by atoms with van der Waals surface area (Å²) >= 11 is 1.02. The van der Waals surface area contributed by atoms with E-state index in [2.05, 4.69) is 20.9 Å². The zero-order valence-corrected chi connectivity index (χ0v) is 18.4. The number of carboxylic acid groups (broad SMARTS) is 1. The number of hydrogen-bond donors (Lipinski definition) is 2. The average molecular weight is 447 g/mol. The van der Waals surface area contributed by atoms with Gasteiger partial charge in [0.15, 0.2) is 0 Å². The number of aromatic nitrogens is 3. The maximum absolute atomic E-state index is 12.6. The predicted molar refractivity (Wildman–Crippen MR) is 129 cm³/mol. The molecule has 0 amide bonds. The van der Waals surface area contributed by atoms with E-state index in [0.29, 0.717) is 21.6 Å². The summed E-state index contributed by atoms with van der Waals surface area (Å²) in [6.45, 7) is 3.58. The fourth-order valence-electron chi connectivity index (χ4n) is 4.22. The fourth-order valence-corrected chi connectivity index (χ4v) is 5.24. The zero-order valence-electron chi connectivity index (χ0n) is 17.6. The number of hydrogen-bond acceptors (Lipinski definition) is 6. The second-order valence-electron chi connectivity index (χ2n) is 7.97. The highest BCUT2D eigenvalue weighted by molar-refractivity contribution is 7.20. The van der Waals surface area contributed by atoms with E-state index in [1.807, 2.05) is 30.3 Å². The molecule has 0 unspecified atom stereocenters. The molecule has 0 radical (unpaired) electrons. The van der Waals surface area contributed by atoms with Crippen molar-refractivity contribution in [1.29, 1.82) is 0 Å². The van der Waals surface area contributed by atoms with Gasteiger partial charge in [-0.1, -0.05) is 18.2 Å². The lowest BCUT2D eigenvalue weighted by atomic mass is 10.1. The Bertz CT molecular complexity index is 1430. The average Bonchev–Trinajstić information content (AvgIpc) is 3.14. The van der Waals surface area contributed by atoms with E-state index in [9.17, 15) is 14.7 Å². The van der Waals surface area contributed by atoms with E-state index in [-0.39, 0.29) is 10.4 Å². The van der Waals surface area contributed by atoms with Crippen LogP contribution in [-0.4, -0.2) is 39.1 Å². The van der Waals surface area contributed by atoms with Gasteiger partial charge in [0.25, 0.3) is 5.56 Å². The Morgan fingerprint density at radius 2 is 1.94 bits per heavy atom. The maximum atomic E-state index is 12.6. The van der Waals surface area contributed by atoms with Gasteiger partial charge in [-0.25, -0.2) is 14.8 Å². The fraction of sp³-hybridized carbons (Fsp3) is 0.250. The Labute approximate surface area is 188 Å². The molecule has 7 nitrogen and oxygen atoms in total. The van der Waals surface area contributed by atoms with Crippen LogP contribution in [0.2, 0.25) is 0 Å². The highest BCUT2D eigenvalue weighted by atomic mass is 32.1. The summed E-state index contributed by atoms with van der Waals surface area (Å²) in [5.74, 6) is 0.275. The van der Waals surface area contributed by atoms with Crippen LogP contribution in [-0.2, 0) is 0 Å². The Morgan fingerprint density at radius 3 is 2.72 bits per heavy atom.